The summed E-state index contributed by atoms with van der Waals surface area (Å²) < 4.78 is 0. The van der Waals surface area contributed by atoms with Crippen LogP contribution < -0.4 is 16.2 Å². The number of carbonyl (C=O) groups is 2. The first-order valence-corrected chi connectivity index (χ1v) is 11.4. The molecule has 0 saturated carbocycles. The fourth-order valence-corrected chi connectivity index (χ4v) is 6.45. The van der Waals surface area contributed by atoms with E-state index in [2.05, 4.69) is 40.1 Å². The van der Waals surface area contributed by atoms with Gasteiger partial charge in [-0.2, -0.15) is 11.8 Å². The van der Waals surface area contributed by atoms with Crippen molar-refractivity contribution in [2.75, 3.05) is 11.9 Å². The van der Waals surface area contributed by atoms with E-state index in [9.17, 15) is 9.59 Å². The molecule has 3 rings (SSSR count). The zero-order chi connectivity index (χ0) is 20.5. The van der Waals surface area contributed by atoms with Gasteiger partial charge in [0.25, 0.3) is 0 Å². The highest BCUT2D eigenvalue weighted by atomic mass is 32.2. The van der Waals surface area contributed by atoms with Crippen LogP contribution in [-0.4, -0.2) is 34.2 Å². The van der Waals surface area contributed by atoms with E-state index in [0.29, 0.717) is 18.3 Å². The monoisotopic (exact) mass is 417 g/mol. The second kappa shape index (κ2) is 11.3. The summed E-state index contributed by atoms with van der Waals surface area (Å²) in [6, 6.07) is 9.14. The number of allylic oxidation sites excluding steroid dienone is 2. The predicted molar refractivity (Wildman–Crippen MR) is 118 cm³/mol. The molecule has 4 N–H and O–H groups in total. The molecule has 2 amide bonds. The van der Waals surface area contributed by atoms with Gasteiger partial charge in [0.05, 0.1) is 0 Å². The summed E-state index contributed by atoms with van der Waals surface area (Å²) >= 11 is 2.15. The molecule has 0 aliphatic carbocycles. The van der Waals surface area contributed by atoms with Gasteiger partial charge in [-0.05, 0) is 62.5 Å². The number of anilines is 1. The number of urea groups is 1. The number of para-hydroxylation sites is 1. The Morgan fingerprint density at radius 2 is 1.86 bits per heavy atom. The third-order valence-electron chi connectivity index (χ3n) is 5.76. The lowest BCUT2D eigenvalue weighted by atomic mass is 9.76. The van der Waals surface area contributed by atoms with Crippen molar-refractivity contribution in [1.82, 2.24) is 10.9 Å². The standard InChI is InChI=1S/C22H31N3O3S/c26-21(27)11-7-2-1-6-10-17-18(20-13-12-19(17)29-20)14-15-23-25-22(28)24-16-8-4-3-5-9-16/h1,3-6,8-9,17-20,23H,2,7,10-15H2,(H,26,27)(H2,24,25,28)/b6-1-/t17-,18+,19-,20+/m0/s1. The number of thioether (sulfide) groups is 1. The number of hydrogen-bond donors (Lipinski definition) is 4. The lowest BCUT2D eigenvalue weighted by molar-refractivity contribution is -0.137. The van der Waals surface area contributed by atoms with E-state index in [1.54, 1.807) is 0 Å². The summed E-state index contributed by atoms with van der Waals surface area (Å²) in [6.07, 6.45) is 10.9. The van der Waals surface area contributed by atoms with Crippen molar-refractivity contribution in [1.29, 1.82) is 0 Å². The summed E-state index contributed by atoms with van der Waals surface area (Å²) in [5.41, 5.74) is 6.55. The first-order chi connectivity index (χ1) is 14.1. The quantitative estimate of drug-likeness (QED) is 0.243. The maximum atomic E-state index is 11.9. The SMILES string of the molecule is O=C(O)CCC/C=C\C[C@H]1[C@@H](CCNNC(=O)Nc2ccccc2)[C@H]2CC[C@@H]1S2. The fraction of sp³-hybridized carbons (Fsp3) is 0.545. The zero-order valence-electron chi connectivity index (χ0n) is 16.7. The molecule has 29 heavy (non-hydrogen) atoms. The van der Waals surface area contributed by atoms with Gasteiger partial charge in [-0.25, -0.2) is 10.2 Å². The number of aliphatic carboxylic acids is 1. The first kappa shape index (κ1) is 21.7. The summed E-state index contributed by atoms with van der Waals surface area (Å²) in [7, 11) is 0. The zero-order valence-corrected chi connectivity index (χ0v) is 17.5. The topological polar surface area (TPSA) is 90.5 Å². The molecule has 4 atom stereocenters. The van der Waals surface area contributed by atoms with E-state index in [-0.39, 0.29) is 12.5 Å². The molecule has 2 bridgehead atoms. The number of carbonyl (C=O) groups excluding carboxylic acids is 1. The Balaban J connectivity index is 1.35. The Morgan fingerprint density at radius 3 is 2.62 bits per heavy atom. The lowest BCUT2D eigenvalue weighted by Crippen LogP contribution is -2.42. The average Bonchev–Trinajstić information content (AvgIpc) is 3.30. The Bertz CT molecular complexity index is 698. The van der Waals surface area contributed by atoms with Gasteiger partial charge in [0.15, 0.2) is 0 Å². The van der Waals surface area contributed by atoms with Gasteiger partial charge in [0.1, 0.15) is 0 Å². The number of carboxylic acid groups (broad SMARTS) is 1. The molecule has 0 aromatic heterocycles. The van der Waals surface area contributed by atoms with Crippen molar-refractivity contribution in [2.24, 2.45) is 11.8 Å². The molecule has 0 radical (unpaired) electrons. The van der Waals surface area contributed by atoms with Crippen LogP contribution in [0, 0.1) is 11.8 Å². The largest absolute Gasteiger partial charge is 0.481 e. The fourth-order valence-electron chi connectivity index (χ4n) is 4.40. The number of nitrogens with one attached hydrogen (secondary N) is 3. The molecule has 158 valence electrons. The number of unbranched alkanes of at least 4 members (excludes halogenated alkanes) is 1. The van der Waals surface area contributed by atoms with Crippen LogP contribution in [0.15, 0.2) is 42.5 Å². The molecule has 2 aliphatic heterocycles. The van der Waals surface area contributed by atoms with E-state index in [0.717, 1.165) is 42.0 Å². The Morgan fingerprint density at radius 1 is 1.10 bits per heavy atom. The molecular weight excluding hydrogens is 386 g/mol. The van der Waals surface area contributed by atoms with Crippen molar-refractivity contribution in [3.8, 4) is 0 Å². The average molecular weight is 418 g/mol. The van der Waals surface area contributed by atoms with Gasteiger partial charge in [0, 0.05) is 29.2 Å². The van der Waals surface area contributed by atoms with Crippen molar-refractivity contribution in [3.63, 3.8) is 0 Å². The molecule has 0 unspecified atom stereocenters. The molecule has 2 heterocycles. The van der Waals surface area contributed by atoms with Crippen molar-refractivity contribution >= 4 is 29.4 Å². The minimum atomic E-state index is -0.721. The molecule has 0 spiro atoms. The number of rotatable bonds is 11. The van der Waals surface area contributed by atoms with Crippen LogP contribution in [0.2, 0.25) is 0 Å². The summed E-state index contributed by atoms with van der Waals surface area (Å²) in [6.45, 7) is 0.759. The maximum absolute atomic E-state index is 11.9. The van der Waals surface area contributed by atoms with Crippen LogP contribution in [0.3, 0.4) is 0 Å². The number of carboxylic acids is 1. The van der Waals surface area contributed by atoms with Gasteiger partial charge >= 0.3 is 12.0 Å². The molecule has 2 fully saturated rings. The van der Waals surface area contributed by atoms with Crippen LogP contribution in [0.5, 0.6) is 0 Å². The first-order valence-electron chi connectivity index (χ1n) is 10.5. The minimum absolute atomic E-state index is 0.244. The molecule has 2 saturated heterocycles. The smallest absolute Gasteiger partial charge is 0.333 e. The van der Waals surface area contributed by atoms with Gasteiger partial charge < -0.3 is 10.4 Å². The summed E-state index contributed by atoms with van der Waals surface area (Å²) in [5, 5.41) is 13.0. The highest BCUT2D eigenvalue weighted by molar-refractivity contribution is 8.01. The molecule has 1 aromatic rings. The Kier molecular flexibility index (Phi) is 8.43. The second-order valence-corrected chi connectivity index (χ2v) is 9.25. The van der Waals surface area contributed by atoms with E-state index >= 15 is 0 Å². The van der Waals surface area contributed by atoms with E-state index < -0.39 is 5.97 Å². The van der Waals surface area contributed by atoms with Crippen molar-refractivity contribution < 1.29 is 14.7 Å². The van der Waals surface area contributed by atoms with Crippen molar-refractivity contribution in [3.05, 3.63) is 42.5 Å². The Labute approximate surface area is 176 Å². The van der Waals surface area contributed by atoms with E-state index in [1.165, 1.54) is 12.8 Å². The highest BCUT2D eigenvalue weighted by Gasteiger charge is 2.46. The van der Waals surface area contributed by atoms with Crippen LogP contribution in [0.4, 0.5) is 10.5 Å². The number of hydrazine groups is 1. The van der Waals surface area contributed by atoms with Gasteiger partial charge in [-0.1, -0.05) is 30.4 Å². The third-order valence-corrected chi connectivity index (χ3v) is 7.63. The molecule has 6 nitrogen and oxygen atoms in total. The van der Waals surface area contributed by atoms with Crippen LogP contribution in [0.1, 0.15) is 44.9 Å². The Hall–Kier alpha value is -1.99. The minimum Gasteiger partial charge on any atom is -0.481 e. The number of amides is 2. The maximum Gasteiger partial charge on any atom is 0.333 e. The molecule has 7 heteroatoms. The van der Waals surface area contributed by atoms with Gasteiger partial charge in [-0.15, -0.1) is 0 Å². The van der Waals surface area contributed by atoms with Gasteiger partial charge in [-0.3, -0.25) is 10.2 Å². The van der Waals surface area contributed by atoms with E-state index in [1.807, 2.05) is 30.3 Å². The molecular formula is C22H31N3O3S. The van der Waals surface area contributed by atoms with Crippen LogP contribution in [-0.2, 0) is 4.79 Å². The molecule has 2 aliphatic rings. The van der Waals surface area contributed by atoms with Gasteiger partial charge in [0.2, 0.25) is 0 Å². The highest BCUT2D eigenvalue weighted by Crippen LogP contribution is 2.55. The third kappa shape index (κ3) is 6.78. The van der Waals surface area contributed by atoms with Crippen LogP contribution in [0.25, 0.3) is 0 Å². The summed E-state index contributed by atoms with van der Waals surface area (Å²) in [4.78, 5) is 22.5. The van der Waals surface area contributed by atoms with E-state index in [4.69, 9.17) is 5.11 Å². The lowest BCUT2D eigenvalue weighted by Gasteiger charge is -2.29. The normalized spacial score (nSPS) is 25.4. The number of hydrogen-bond acceptors (Lipinski definition) is 4. The number of benzene rings is 1. The number of fused-ring (bicyclic) bond motifs is 2. The second-order valence-electron chi connectivity index (χ2n) is 7.77. The summed E-state index contributed by atoms with van der Waals surface area (Å²) in [5.74, 6) is 0.643. The van der Waals surface area contributed by atoms with Crippen LogP contribution >= 0.6 is 11.8 Å². The predicted octanol–water partition coefficient (Wildman–Crippen LogP) is 4.41. The van der Waals surface area contributed by atoms with Crippen molar-refractivity contribution in [2.45, 2.75) is 55.4 Å². The molecule has 1 aromatic carbocycles.